The molecule has 0 heterocycles. The van der Waals surface area contributed by atoms with Gasteiger partial charge in [-0.15, -0.1) is 11.6 Å². The molecule has 0 fully saturated rings. The first-order valence-corrected chi connectivity index (χ1v) is 8.83. The molecule has 0 aliphatic carbocycles. The predicted molar refractivity (Wildman–Crippen MR) is 97.4 cm³/mol. The first-order valence-electron chi connectivity index (χ1n) is 8.30. The highest BCUT2D eigenvalue weighted by molar-refractivity contribution is 6.18. The van der Waals surface area contributed by atoms with Gasteiger partial charge in [-0.05, 0) is 37.0 Å². The fourth-order valence-electron chi connectivity index (χ4n) is 2.74. The third-order valence-electron chi connectivity index (χ3n) is 4.25. The van der Waals surface area contributed by atoms with Gasteiger partial charge in [-0.25, -0.2) is 0 Å². The molecule has 2 nitrogen and oxygen atoms in total. The number of aryl methyl sites for hydroxylation is 1. The normalized spacial score (nSPS) is 10.4. The van der Waals surface area contributed by atoms with Gasteiger partial charge in [0.1, 0.15) is 0 Å². The summed E-state index contributed by atoms with van der Waals surface area (Å²) in [7, 11) is 0. The van der Waals surface area contributed by atoms with Crippen molar-refractivity contribution in [2.45, 2.75) is 78.0 Å². The number of Topliss-reactive ketones (excluding diaryl/α,β-unsaturated/α-hetero) is 1. The average molecular weight is 326 g/mol. The van der Waals surface area contributed by atoms with E-state index in [9.17, 15) is 4.79 Å². The Labute approximate surface area is 141 Å². The molecule has 0 radical (unpaired) electrons. The number of carbonyl (C=O) groups excluding carboxylic acids is 1. The van der Waals surface area contributed by atoms with Gasteiger partial charge < -0.3 is 6.15 Å². The summed E-state index contributed by atoms with van der Waals surface area (Å²) >= 11 is 5.98. The summed E-state index contributed by atoms with van der Waals surface area (Å²) < 4.78 is 0. The fourth-order valence-corrected chi connectivity index (χ4v) is 2.96. The van der Waals surface area contributed by atoms with Gasteiger partial charge in [0.15, 0.2) is 5.78 Å². The van der Waals surface area contributed by atoms with Crippen LogP contribution in [-0.4, -0.2) is 5.78 Å². The number of carbonyl (C=O) groups is 1. The van der Waals surface area contributed by atoms with Crippen molar-refractivity contribution in [1.29, 1.82) is 0 Å². The van der Waals surface area contributed by atoms with Crippen LogP contribution in [0.15, 0.2) is 12.1 Å². The molecule has 0 aromatic heterocycles. The second kappa shape index (κ2) is 11.7. The number of hydrogen-bond donors (Lipinski definition) is 1. The zero-order chi connectivity index (χ0) is 15.7. The summed E-state index contributed by atoms with van der Waals surface area (Å²) in [6, 6.07) is 4.05. The zero-order valence-electron chi connectivity index (χ0n) is 14.5. The van der Waals surface area contributed by atoms with E-state index in [0.717, 1.165) is 29.5 Å². The molecule has 0 saturated carbocycles. The average Bonchev–Trinajstić information content (AvgIpc) is 2.48. The molecular formula is C19H32ClNO. The predicted octanol–water partition coefficient (Wildman–Crippen LogP) is 6.53. The van der Waals surface area contributed by atoms with E-state index in [4.69, 9.17) is 11.6 Å². The molecule has 1 aromatic rings. The van der Waals surface area contributed by atoms with Crippen molar-refractivity contribution in [3.63, 3.8) is 0 Å². The van der Waals surface area contributed by atoms with Crippen LogP contribution in [0.4, 0.5) is 0 Å². The van der Waals surface area contributed by atoms with E-state index >= 15 is 0 Å². The molecule has 0 aliphatic heterocycles. The molecule has 22 heavy (non-hydrogen) atoms. The lowest BCUT2D eigenvalue weighted by Crippen LogP contribution is -2.07. The number of halogens is 1. The standard InChI is InChI=1S/C19H29ClO.H3N/c1-4-5-6-7-8-9-10-11-18(21)19-16(3)15(2)12-13-17(19)14-20;/h12-13H,4-11,14H2,1-3H3;1H3. The van der Waals surface area contributed by atoms with Gasteiger partial charge in [-0.1, -0.05) is 57.6 Å². The van der Waals surface area contributed by atoms with E-state index in [1.54, 1.807) is 0 Å². The molecule has 1 rings (SSSR count). The minimum absolute atomic E-state index is 0. The van der Waals surface area contributed by atoms with Crippen LogP contribution in [0.5, 0.6) is 0 Å². The maximum atomic E-state index is 12.5. The van der Waals surface area contributed by atoms with Crippen molar-refractivity contribution in [3.05, 3.63) is 34.4 Å². The third-order valence-corrected chi connectivity index (χ3v) is 4.54. The summed E-state index contributed by atoms with van der Waals surface area (Å²) in [6.07, 6.45) is 9.32. The Morgan fingerprint density at radius 2 is 1.59 bits per heavy atom. The van der Waals surface area contributed by atoms with Crippen LogP contribution >= 0.6 is 11.6 Å². The van der Waals surface area contributed by atoms with Crippen LogP contribution in [0.25, 0.3) is 0 Å². The Balaban J connectivity index is 0.00000441. The first kappa shape index (κ1) is 21.1. The first-order chi connectivity index (χ1) is 10.1. The molecule has 3 heteroatoms. The Morgan fingerprint density at radius 3 is 2.18 bits per heavy atom. The van der Waals surface area contributed by atoms with Crippen LogP contribution in [0.2, 0.25) is 0 Å². The van der Waals surface area contributed by atoms with Crippen molar-refractivity contribution in [1.82, 2.24) is 6.15 Å². The minimum Gasteiger partial charge on any atom is -0.344 e. The van der Waals surface area contributed by atoms with Crippen LogP contribution < -0.4 is 6.15 Å². The van der Waals surface area contributed by atoms with E-state index < -0.39 is 0 Å². The lowest BCUT2D eigenvalue weighted by atomic mass is 9.93. The Morgan fingerprint density at radius 1 is 1.00 bits per heavy atom. The molecule has 0 bridgehead atoms. The SMILES string of the molecule is CCCCCCCCCC(=O)c1c(CCl)ccc(C)c1C.N. The molecule has 0 spiro atoms. The molecule has 1 aromatic carbocycles. The molecule has 0 aliphatic rings. The Kier molecular flexibility index (Phi) is 11.2. The van der Waals surface area contributed by atoms with Crippen molar-refractivity contribution in [2.75, 3.05) is 0 Å². The Bertz CT molecular complexity index is 457. The number of hydrogen-bond acceptors (Lipinski definition) is 2. The van der Waals surface area contributed by atoms with Crippen molar-refractivity contribution < 1.29 is 4.79 Å². The Hall–Kier alpha value is -0.860. The fraction of sp³-hybridized carbons (Fsp3) is 0.632. The van der Waals surface area contributed by atoms with Gasteiger partial charge in [0.2, 0.25) is 0 Å². The molecule has 3 N–H and O–H groups in total. The van der Waals surface area contributed by atoms with Crippen molar-refractivity contribution in [3.8, 4) is 0 Å². The van der Waals surface area contributed by atoms with Gasteiger partial charge in [0, 0.05) is 17.9 Å². The summed E-state index contributed by atoms with van der Waals surface area (Å²) in [4.78, 5) is 12.5. The van der Waals surface area contributed by atoms with Gasteiger partial charge in [-0.3, -0.25) is 4.79 Å². The van der Waals surface area contributed by atoms with Crippen LogP contribution in [0.3, 0.4) is 0 Å². The monoisotopic (exact) mass is 325 g/mol. The van der Waals surface area contributed by atoms with E-state index in [1.807, 2.05) is 13.0 Å². The molecule has 126 valence electrons. The molecule has 0 amide bonds. The minimum atomic E-state index is 0. The number of alkyl halides is 1. The number of ketones is 1. The smallest absolute Gasteiger partial charge is 0.163 e. The highest BCUT2D eigenvalue weighted by atomic mass is 35.5. The highest BCUT2D eigenvalue weighted by Gasteiger charge is 2.14. The lowest BCUT2D eigenvalue weighted by Gasteiger charge is -2.12. The second-order valence-electron chi connectivity index (χ2n) is 5.97. The lowest BCUT2D eigenvalue weighted by molar-refractivity contribution is 0.0977. The second-order valence-corrected chi connectivity index (χ2v) is 6.24. The largest absolute Gasteiger partial charge is 0.344 e. The molecule has 0 saturated heterocycles. The van der Waals surface area contributed by atoms with E-state index in [-0.39, 0.29) is 11.9 Å². The van der Waals surface area contributed by atoms with Crippen LogP contribution in [0.1, 0.15) is 85.3 Å². The highest BCUT2D eigenvalue weighted by Crippen LogP contribution is 2.22. The summed E-state index contributed by atoms with van der Waals surface area (Å²) in [5, 5.41) is 0. The summed E-state index contributed by atoms with van der Waals surface area (Å²) in [5.41, 5.74) is 4.12. The van der Waals surface area contributed by atoms with Gasteiger partial charge in [0.05, 0.1) is 0 Å². The summed E-state index contributed by atoms with van der Waals surface area (Å²) in [5.74, 6) is 0.680. The van der Waals surface area contributed by atoms with Gasteiger partial charge >= 0.3 is 0 Å². The maximum absolute atomic E-state index is 12.5. The maximum Gasteiger partial charge on any atom is 0.163 e. The van der Waals surface area contributed by atoms with Crippen LogP contribution in [0, 0.1) is 13.8 Å². The van der Waals surface area contributed by atoms with Crippen LogP contribution in [-0.2, 0) is 5.88 Å². The number of benzene rings is 1. The topological polar surface area (TPSA) is 52.1 Å². The van der Waals surface area contributed by atoms with Gasteiger partial charge in [0.25, 0.3) is 0 Å². The number of unbranched alkanes of at least 4 members (excludes halogenated alkanes) is 6. The summed E-state index contributed by atoms with van der Waals surface area (Å²) in [6.45, 7) is 6.32. The molecule has 0 unspecified atom stereocenters. The van der Waals surface area contributed by atoms with Gasteiger partial charge in [-0.2, -0.15) is 0 Å². The third kappa shape index (κ3) is 6.50. The van der Waals surface area contributed by atoms with E-state index in [1.165, 1.54) is 37.7 Å². The van der Waals surface area contributed by atoms with Crippen molar-refractivity contribution in [2.24, 2.45) is 0 Å². The van der Waals surface area contributed by atoms with E-state index in [0.29, 0.717) is 12.3 Å². The zero-order valence-corrected chi connectivity index (χ0v) is 15.3. The molecule has 0 atom stereocenters. The quantitative estimate of drug-likeness (QED) is 0.302. The molecular weight excluding hydrogens is 294 g/mol. The number of rotatable bonds is 10. The van der Waals surface area contributed by atoms with Crippen molar-refractivity contribution >= 4 is 17.4 Å². The van der Waals surface area contributed by atoms with E-state index in [2.05, 4.69) is 19.9 Å².